The van der Waals surface area contributed by atoms with Crippen molar-refractivity contribution in [1.82, 2.24) is 4.98 Å². The number of anilines is 1. The van der Waals surface area contributed by atoms with Gasteiger partial charge in [-0.3, -0.25) is 0 Å². The van der Waals surface area contributed by atoms with Crippen molar-refractivity contribution in [3.05, 3.63) is 22.8 Å². The summed E-state index contributed by atoms with van der Waals surface area (Å²) in [6.45, 7) is 2.24. The molecule has 2 heterocycles. The zero-order valence-electron chi connectivity index (χ0n) is 7.24. The minimum atomic E-state index is 0.920. The molecule has 1 fully saturated rings. The van der Waals surface area contributed by atoms with Crippen molar-refractivity contribution in [2.75, 3.05) is 29.5 Å². The van der Waals surface area contributed by atoms with E-state index in [9.17, 15) is 0 Å². The Kier molecular flexibility index (Phi) is 3.11. The van der Waals surface area contributed by atoms with Gasteiger partial charge >= 0.3 is 0 Å². The quantitative estimate of drug-likeness (QED) is 0.720. The molecule has 0 aliphatic carbocycles. The molecule has 0 bridgehead atoms. The molecule has 0 atom stereocenters. The molecule has 2 nitrogen and oxygen atoms in total. The van der Waals surface area contributed by atoms with Crippen LogP contribution in [0.3, 0.4) is 0 Å². The van der Waals surface area contributed by atoms with Crippen molar-refractivity contribution < 1.29 is 0 Å². The Morgan fingerprint density at radius 2 is 2.08 bits per heavy atom. The number of thioether (sulfide) groups is 1. The summed E-state index contributed by atoms with van der Waals surface area (Å²) in [7, 11) is 0. The van der Waals surface area contributed by atoms with E-state index in [-0.39, 0.29) is 0 Å². The number of hydrogen-bond donors (Lipinski definition) is 0. The highest BCUT2D eigenvalue weighted by Crippen LogP contribution is 2.18. The first kappa shape index (κ1) is 9.34. The molecule has 1 saturated heterocycles. The van der Waals surface area contributed by atoms with E-state index in [0.29, 0.717) is 0 Å². The molecular weight excluding hydrogens is 248 g/mol. The molecule has 13 heavy (non-hydrogen) atoms. The molecule has 0 amide bonds. The Morgan fingerprint density at radius 1 is 1.31 bits per heavy atom. The van der Waals surface area contributed by atoms with Crippen LogP contribution in [0.5, 0.6) is 0 Å². The van der Waals surface area contributed by atoms with Crippen molar-refractivity contribution in [2.24, 2.45) is 0 Å². The van der Waals surface area contributed by atoms with Gasteiger partial charge in [0.05, 0.1) is 0 Å². The lowest BCUT2D eigenvalue weighted by Gasteiger charge is -2.27. The van der Waals surface area contributed by atoms with Crippen LogP contribution in [0, 0.1) is 0 Å². The molecule has 4 heteroatoms. The molecule has 0 aromatic carbocycles. The van der Waals surface area contributed by atoms with Crippen LogP contribution in [-0.4, -0.2) is 29.6 Å². The Bertz CT molecular complexity index is 287. The fourth-order valence-electron chi connectivity index (χ4n) is 1.37. The Balaban J connectivity index is 2.14. The third kappa shape index (κ3) is 2.38. The van der Waals surface area contributed by atoms with E-state index in [1.54, 1.807) is 0 Å². The number of pyridine rings is 1. The number of aromatic nitrogens is 1. The predicted octanol–water partition coefficient (Wildman–Crippen LogP) is 2.40. The van der Waals surface area contributed by atoms with Gasteiger partial charge in [-0.1, -0.05) is 6.07 Å². The largest absolute Gasteiger partial charge is 0.355 e. The highest BCUT2D eigenvalue weighted by Gasteiger charge is 2.11. The first-order valence-electron chi connectivity index (χ1n) is 4.31. The highest BCUT2D eigenvalue weighted by molar-refractivity contribution is 9.10. The maximum Gasteiger partial charge on any atom is 0.129 e. The second-order valence-corrected chi connectivity index (χ2v) is 4.96. The molecule has 0 saturated carbocycles. The van der Waals surface area contributed by atoms with Gasteiger partial charge in [0.15, 0.2) is 0 Å². The van der Waals surface area contributed by atoms with Gasteiger partial charge in [-0.2, -0.15) is 11.8 Å². The molecule has 0 unspecified atom stereocenters. The van der Waals surface area contributed by atoms with Crippen LogP contribution in [0.1, 0.15) is 0 Å². The predicted molar refractivity (Wildman–Crippen MR) is 61.5 cm³/mol. The van der Waals surface area contributed by atoms with Gasteiger partial charge in [-0.15, -0.1) is 0 Å². The van der Waals surface area contributed by atoms with Gasteiger partial charge < -0.3 is 4.90 Å². The van der Waals surface area contributed by atoms with Gasteiger partial charge in [0, 0.05) is 24.6 Å². The molecule has 1 aliphatic heterocycles. The number of hydrogen-bond acceptors (Lipinski definition) is 3. The summed E-state index contributed by atoms with van der Waals surface area (Å²) in [5.41, 5.74) is 0. The molecule has 2 rings (SSSR count). The summed E-state index contributed by atoms with van der Waals surface area (Å²) < 4.78 is 0.920. The average Bonchev–Trinajstić information content (AvgIpc) is 2.19. The van der Waals surface area contributed by atoms with Crippen molar-refractivity contribution in [2.45, 2.75) is 0 Å². The summed E-state index contributed by atoms with van der Waals surface area (Å²) in [5, 5.41) is 0. The minimum absolute atomic E-state index is 0.920. The van der Waals surface area contributed by atoms with Gasteiger partial charge in [-0.05, 0) is 28.1 Å². The lowest BCUT2D eigenvalue weighted by molar-refractivity contribution is 0.837. The molecule has 0 spiro atoms. The van der Waals surface area contributed by atoms with Crippen molar-refractivity contribution in [1.29, 1.82) is 0 Å². The molecule has 0 N–H and O–H groups in total. The minimum Gasteiger partial charge on any atom is -0.355 e. The number of nitrogens with zero attached hydrogens (tertiary/aromatic N) is 2. The summed E-state index contributed by atoms with van der Waals surface area (Å²) in [6, 6.07) is 6.07. The first-order chi connectivity index (χ1) is 6.36. The summed E-state index contributed by atoms with van der Waals surface area (Å²) in [5.74, 6) is 3.53. The van der Waals surface area contributed by atoms with Crippen LogP contribution in [0.25, 0.3) is 0 Å². The van der Waals surface area contributed by atoms with Crippen LogP contribution in [0.2, 0.25) is 0 Å². The van der Waals surface area contributed by atoms with Crippen molar-refractivity contribution in [3.63, 3.8) is 0 Å². The fourth-order valence-corrected chi connectivity index (χ4v) is 2.60. The Morgan fingerprint density at radius 3 is 2.77 bits per heavy atom. The van der Waals surface area contributed by atoms with Gasteiger partial charge in [-0.25, -0.2) is 4.98 Å². The number of rotatable bonds is 1. The lowest BCUT2D eigenvalue weighted by Crippen LogP contribution is -2.32. The third-order valence-corrected chi connectivity index (χ3v) is 3.42. The van der Waals surface area contributed by atoms with Crippen LogP contribution >= 0.6 is 27.7 Å². The molecule has 1 aromatic heterocycles. The zero-order valence-corrected chi connectivity index (χ0v) is 9.64. The van der Waals surface area contributed by atoms with Crippen molar-refractivity contribution in [3.8, 4) is 0 Å². The van der Waals surface area contributed by atoms with E-state index in [1.807, 2.05) is 23.9 Å². The molecule has 70 valence electrons. The van der Waals surface area contributed by atoms with E-state index >= 15 is 0 Å². The maximum absolute atomic E-state index is 4.43. The topological polar surface area (TPSA) is 16.1 Å². The summed E-state index contributed by atoms with van der Waals surface area (Å²) in [6.07, 6.45) is 0. The highest BCUT2D eigenvalue weighted by atomic mass is 79.9. The fraction of sp³-hybridized carbons (Fsp3) is 0.444. The monoisotopic (exact) mass is 258 g/mol. The first-order valence-corrected chi connectivity index (χ1v) is 6.26. The van der Waals surface area contributed by atoms with Gasteiger partial charge in [0.25, 0.3) is 0 Å². The van der Waals surface area contributed by atoms with Crippen molar-refractivity contribution >= 4 is 33.5 Å². The number of halogens is 1. The Labute approximate surface area is 90.9 Å². The zero-order chi connectivity index (χ0) is 9.10. The second-order valence-electron chi connectivity index (χ2n) is 2.92. The van der Waals surface area contributed by atoms with E-state index < -0.39 is 0 Å². The van der Waals surface area contributed by atoms with Gasteiger partial charge in [0.2, 0.25) is 0 Å². The SMILES string of the molecule is Brc1cccc(N2CCSCC2)n1. The van der Waals surface area contributed by atoms with Gasteiger partial charge in [0.1, 0.15) is 10.4 Å². The maximum atomic E-state index is 4.43. The normalized spacial score (nSPS) is 17.5. The van der Waals surface area contributed by atoms with Crippen LogP contribution in [0.4, 0.5) is 5.82 Å². The molecule has 0 radical (unpaired) electrons. The van der Waals surface area contributed by atoms with Crippen LogP contribution in [0.15, 0.2) is 22.8 Å². The Hall–Kier alpha value is -0.220. The van der Waals surface area contributed by atoms with Crippen LogP contribution < -0.4 is 4.90 Å². The van der Waals surface area contributed by atoms with E-state index in [1.165, 1.54) is 11.5 Å². The van der Waals surface area contributed by atoms with E-state index in [2.05, 4.69) is 31.9 Å². The standard InChI is InChI=1S/C9H11BrN2S/c10-8-2-1-3-9(11-8)12-4-6-13-7-5-12/h1-3H,4-7H2. The average molecular weight is 259 g/mol. The summed E-state index contributed by atoms with van der Waals surface area (Å²) in [4.78, 5) is 6.76. The smallest absolute Gasteiger partial charge is 0.129 e. The second kappa shape index (κ2) is 4.33. The lowest BCUT2D eigenvalue weighted by atomic mass is 10.4. The van der Waals surface area contributed by atoms with E-state index in [0.717, 1.165) is 23.5 Å². The third-order valence-electron chi connectivity index (χ3n) is 2.04. The molecule has 1 aromatic rings. The molecule has 1 aliphatic rings. The van der Waals surface area contributed by atoms with E-state index in [4.69, 9.17) is 0 Å². The summed E-state index contributed by atoms with van der Waals surface area (Å²) >= 11 is 5.40. The van der Waals surface area contributed by atoms with Crippen LogP contribution in [-0.2, 0) is 0 Å². The molecular formula is C9H11BrN2S.